The maximum absolute atomic E-state index is 3.60. The fraction of sp³-hybridized carbons (Fsp3) is 0.600. The molecule has 1 N–H and O–H groups in total. The molecule has 0 aliphatic rings. The molecule has 0 bridgehead atoms. The first-order chi connectivity index (χ1) is 7.40. The highest BCUT2D eigenvalue weighted by atomic mass is 14.9. The second-order valence-corrected chi connectivity index (χ2v) is 5.84. The van der Waals surface area contributed by atoms with E-state index in [0.717, 1.165) is 6.54 Å². The van der Waals surface area contributed by atoms with Gasteiger partial charge in [0.1, 0.15) is 0 Å². The van der Waals surface area contributed by atoms with Gasteiger partial charge in [-0.1, -0.05) is 45.0 Å². The Hall–Kier alpha value is -0.820. The molecule has 1 unspecified atom stereocenters. The van der Waals surface area contributed by atoms with Crippen LogP contribution in [-0.2, 0) is 0 Å². The summed E-state index contributed by atoms with van der Waals surface area (Å²) in [5.41, 5.74) is 3.20. The van der Waals surface area contributed by atoms with E-state index in [-0.39, 0.29) is 0 Å². The van der Waals surface area contributed by atoms with Gasteiger partial charge in [0.05, 0.1) is 0 Å². The highest BCUT2D eigenvalue weighted by Crippen LogP contribution is 2.20. The average molecular weight is 219 g/mol. The molecule has 90 valence electrons. The Morgan fingerprint density at radius 2 is 1.81 bits per heavy atom. The molecular weight excluding hydrogens is 194 g/mol. The van der Waals surface area contributed by atoms with E-state index in [1.54, 1.807) is 0 Å². The number of aryl methyl sites for hydroxylation is 1. The molecule has 1 nitrogen and oxygen atoms in total. The van der Waals surface area contributed by atoms with E-state index in [1.165, 1.54) is 17.5 Å². The summed E-state index contributed by atoms with van der Waals surface area (Å²) in [5, 5.41) is 3.60. The van der Waals surface area contributed by atoms with Crippen molar-refractivity contribution < 1.29 is 0 Å². The third-order valence-corrected chi connectivity index (χ3v) is 2.98. The molecule has 0 saturated heterocycles. The van der Waals surface area contributed by atoms with E-state index in [4.69, 9.17) is 0 Å². The number of hydrogen-bond acceptors (Lipinski definition) is 1. The van der Waals surface area contributed by atoms with Crippen molar-refractivity contribution in [3.05, 3.63) is 35.4 Å². The zero-order chi connectivity index (χ0) is 12.2. The second-order valence-electron chi connectivity index (χ2n) is 5.84. The van der Waals surface area contributed by atoms with Crippen LogP contribution >= 0.6 is 0 Å². The number of benzene rings is 1. The lowest BCUT2D eigenvalue weighted by Crippen LogP contribution is -2.24. The zero-order valence-electron chi connectivity index (χ0n) is 11.3. The van der Waals surface area contributed by atoms with Crippen molar-refractivity contribution in [2.45, 2.75) is 47.1 Å². The fourth-order valence-corrected chi connectivity index (χ4v) is 1.85. The minimum Gasteiger partial charge on any atom is -0.310 e. The van der Waals surface area contributed by atoms with Gasteiger partial charge >= 0.3 is 0 Å². The summed E-state index contributed by atoms with van der Waals surface area (Å²) in [7, 11) is 0. The SMILES string of the molecule is Cc1ccccc1C(C)NCCC(C)(C)C. The normalized spacial score (nSPS) is 13.8. The molecule has 1 atom stereocenters. The molecule has 1 aromatic carbocycles. The fourth-order valence-electron chi connectivity index (χ4n) is 1.85. The van der Waals surface area contributed by atoms with E-state index in [1.807, 2.05) is 0 Å². The van der Waals surface area contributed by atoms with E-state index in [9.17, 15) is 0 Å². The molecular formula is C15H25N. The van der Waals surface area contributed by atoms with Gasteiger partial charge in [-0.05, 0) is 43.4 Å². The summed E-state index contributed by atoms with van der Waals surface area (Å²) in [5.74, 6) is 0. The van der Waals surface area contributed by atoms with Crippen LogP contribution in [0.15, 0.2) is 24.3 Å². The third kappa shape index (κ3) is 4.36. The van der Waals surface area contributed by atoms with Gasteiger partial charge in [0.15, 0.2) is 0 Å². The standard InChI is InChI=1S/C15H25N/c1-12-8-6-7-9-14(12)13(2)16-11-10-15(3,4)5/h6-9,13,16H,10-11H2,1-5H3. The molecule has 1 rings (SSSR count). The minimum atomic E-state index is 0.415. The molecule has 0 aromatic heterocycles. The van der Waals surface area contributed by atoms with Crippen molar-refractivity contribution in [1.29, 1.82) is 0 Å². The summed E-state index contributed by atoms with van der Waals surface area (Å²) in [6.45, 7) is 12.4. The zero-order valence-corrected chi connectivity index (χ0v) is 11.3. The van der Waals surface area contributed by atoms with E-state index in [0.29, 0.717) is 11.5 Å². The maximum Gasteiger partial charge on any atom is 0.0294 e. The lowest BCUT2D eigenvalue weighted by atomic mass is 9.92. The van der Waals surface area contributed by atoms with Gasteiger partial charge in [-0.15, -0.1) is 0 Å². The van der Waals surface area contributed by atoms with Crippen molar-refractivity contribution in [3.63, 3.8) is 0 Å². The molecule has 0 fully saturated rings. The van der Waals surface area contributed by atoms with Crippen LogP contribution in [0.3, 0.4) is 0 Å². The summed E-state index contributed by atoms with van der Waals surface area (Å²) in [6.07, 6.45) is 1.21. The van der Waals surface area contributed by atoms with Crippen LogP contribution in [0.4, 0.5) is 0 Å². The molecule has 0 aliphatic carbocycles. The first-order valence-corrected chi connectivity index (χ1v) is 6.19. The van der Waals surface area contributed by atoms with Gasteiger partial charge in [-0.25, -0.2) is 0 Å². The van der Waals surface area contributed by atoms with Gasteiger partial charge in [-0.2, -0.15) is 0 Å². The lowest BCUT2D eigenvalue weighted by molar-refractivity contribution is 0.358. The highest BCUT2D eigenvalue weighted by molar-refractivity contribution is 5.28. The predicted molar refractivity (Wildman–Crippen MR) is 71.7 cm³/mol. The third-order valence-electron chi connectivity index (χ3n) is 2.98. The van der Waals surface area contributed by atoms with Crippen molar-refractivity contribution in [3.8, 4) is 0 Å². The molecule has 1 heteroatoms. The van der Waals surface area contributed by atoms with Gasteiger partial charge < -0.3 is 5.32 Å². The number of rotatable bonds is 4. The summed E-state index contributed by atoms with van der Waals surface area (Å²) in [4.78, 5) is 0. The summed E-state index contributed by atoms with van der Waals surface area (Å²) >= 11 is 0. The van der Waals surface area contributed by atoms with E-state index in [2.05, 4.69) is 64.2 Å². The molecule has 0 aliphatic heterocycles. The Bertz CT molecular complexity index is 322. The van der Waals surface area contributed by atoms with Crippen molar-refractivity contribution in [2.24, 2.45) is 5.41 Å². The second kappa shape index (κ2) is 5.49. The Kier molecular flexibility index (Phi) is 4.55. The Balaban J connectivity index is 2.47. The molecule has 0 radical (unpaired) electrons. The predicted octanol–water partition coefficient (Wildman–Crippen LogP) is 4.08. The lowest BCUT2D eigenvalue weighted by Gasteiger charge is -2.21. The smallest absolute Gasteiger partial charge is 0.0294 e. The average Bonchev–Trinajstić information content (AvgIpc) is 2.16. The quantitative estimate of drug-likeness (QED) is 0.804. The Morgan fingerprint density at radius 3 is 2.38 bits per heavy atom. The molecule has 0 saturated carbocycles. The highest BCUT2D eigenvalue weighted by Gasteiger charge is 2.11. The Labute approximate surface area is 100 Å². The Morgan fingerprint density at radius 1 is 1.19 bits per heavy atom. The number of hydrogen-bond donors (Lipinski definition) is 1. The van der Waals surface area contributed by atoms with Crippen molar-refractivity contribution in [2.75, 3.05) is 6.54 Å². The van der Waals surface area contributed by atoms with Gasteiger partial charge in [0.25, 0.3) is 0 Å². The van der Waals surface area contributed by atoms with Gasteiger partial charge in [0.2, 0.25) is 0 Å². The van der Waals surface area contributed by atoms with Crippen LogP contribution in [0.5, 0.6) is 0 Å². The topological polar surface area (TPSA) is 12.0 Å². The van der Waals surface area contributed by atoms with Crippen LogP contribution in [0.2, 0.25) is 0 Å². The van der Waals surface area contributed by atoms with Gasteiger partial charge in [0, 0.05) is 6.04 Å². The maximum atomic E-state index is 3.60. The van der Waals surface area contributed by atoms with E-state index >= 15 is 0 Å². The monoisotopic (exact) mass is 219 g/mol. The van der Waals surface area contributed by atoms with Gasteiger partial charge in [-0.3, -0.25) is 0 Å². The minimum absolute atomic E-state index is 0.415. The van der Waals surface area contributed by atoms with Crippen molar-refractivity contribution >= 4 is 0 Å². The first-order valence-electron chi connectivity index (χ1n) is 6.19. The van der Waals surface area contributed by atoms with Crippen LogP contribution in [0.25, 0.3) is 0 Å². The molecule has 0 spiro atoms. The largest absolute Gasteiger partial charge is 0.310 e. The van der Waals surface area contributed by atoms with Crippen LogP contribution in [0.1, 0.15) is 51.3 Å². The molecule has 16 heavy (non-hydrogen) atoms. The van der Waals surface area contributed by atoms with Crippen LogP contribution < -0.4 is 5.32 Å². The molecule has 0 heterocycles. The summed E-state index contributed by atoms with van der Waals surface area (Å²) in [6, 6.07) is 9.05. The van der Waals surface area contributed by atoms with Crippen LogP contribution in [-0.4, -0.2) is 6.54 Å². The first kappa shape index (κ1) is 13.2. The van der Waals surface area contributed by atoms with Crippen LogP contribution in [0, 0.1) is 12.3 Å². The molecule has 0 amide bonds. The van der Waals surface area contributed by atoms with Crippen molar-refractivity contribution in [1.82, 2.24) is 5.32 Å². The van der Waals surface area contributed by atoms with E-state index < -0.39 is 0 Å². The molecule has 1 aromatic rings. The summed E-state index contributed by atoms with van der Waals surface area (Å²) < 4.78 is 0. The number of nitrogens with one attached hydrogen (secondary N) is 1.